The van der Waals surface area contributed by atoms with Crippen molar-refractivity contribution in [2.24, 2.45) is 0 Å². The van der Waals surface area contributed by atoms with Crippen LogP contribution in [0.4, 0.5) is 13.2 Å². The minimum absolute atomic E-state index is 0.179. The van der Waals surface area contributed by atoms with Gasteiger partial charge in [-0.25, -0.2) is 0 Å². The Morgan fingerprint density at radius 2 is 1.85 bits per heavy atom. The van der Waals surface area contributed by atoms with E-state index in [0.29, 0.717) is 0 Å². The van der Waals surface area contributed by atoms with Crippen molar-refractivity contribution >= 4 is 25.2 Å². The average Bonchev–Trinajstić information content (AvgIpc) is 2.07. The summed E-state index contributed by atoms with van der Waals surface area (Å²) in [6.45, 7) is 0. The summed E-state index contributed by atoms with van der Waals surface area (Å²) in [5.74, 6) is 0. The molecule has 1 rings (SSSR count). The van der Waals surface area contributed by atoms with Gasteiger partial charge < -0.3 is 0 Å². The van der Waals surface area contributed by atoms with Gasteiger partial charge in [0.2, 0.25) is 0 Å². The molecule has 0 radical (unpaired) electrons. The molecule has 68 valence electrons. The van der Waals surface area contributed by atoms with E-state index in [9.17, 15) is 13.2 Å². The first-order valence-electron chi connectivity index (χ1n) is 3.01. The third-order valence-electron chi connectivity index (χ3n) is 1.10. The van der Waals surface area contributed by atoms with Crippen LogP contribution in [0.15, 0.2) is 18.2 Å². The van der Waals surface area contributed by atoms with Gasteiger partial charge in [-0.1, -0.05) is 10.6 Å². The third-order valence-corrected chi connectivity index (χ3v) is 1.34. The second-order valence-electron chi connectivity index (χ2n) is 1.92. The summed E-state index contributed by atoms with van der Waals surface area (Å²) in [5.41, 5.74) is -0.734. The summed E-state index contributed by atoms with van der Waals surface area (Å²) in [6, 6.07) is 5.15. The molecule has 0 saturated carbocycles. The summed E-state index contributed by atoms with van der Waals surface area (Å²) in [5, 5.41) is 0.179. The van der Waals surface area contributed by atoms with E-state index in [4.69, 9.17) is 11.6 Å². The maximum absolute atomic E-state index is 11.9. The Morgan fingerprint density at radius 1 is 1.31 bits per heavy atom. The predicted molar refractivity (Wildman–Crippen MR) is 44.2 cm³/mol. The molecule has 0 atom stereocenters. The number of rotatable bonds is 0. The van der Waals surface area contributed by atoms with E-state index in [2.05, 4.69) is 19.7 Å². The first kappa shape index (κ1) is 13.4. The quantitative estimate of drug-likeness (QED) is 0.500. The van der Waals surface area contributed by atoms with Gasteiger partial charge in [0.1, 0.15) is 0 Å². The van der Waals surface area contributed by atoms with Crippen LogP contribution in [0.2, 0.25) is 5.02 Å². The van der Waals surface area contributed by atoms with E-state index >= 15 is 0 Å². The molecular formula is C7H3BrClF3Zn. The van der Waals surface area contributed by atoms with Crippen LogP contribution >= 0.6 is 25.2 Å². The Hall–Kier alpha value is 0.403. The van der Waals surface area contributed by atoms with E-state index in [-0.39, 0.29) is 5.02 Å². The zero-order valence-electron chi connectivity index (χ0n) is 6.33. The number of hydrogen-bond donors (Lipinski definition) is 0. The SMILES string of the molecule is FC(F)(F)c1c[c-]c(Cl)cc1.[Zn+][Br]. The van der Waals surface area contributed by atoms with E-state index < -0.39 is 11.7 Å². The van der Waals surface area contributed by atoms with Gasteiger partial charge in [0.15, 0.2) is 0 Å². The van der Waals surface area contributed by atoms with Gasteiger partial charge in [-0.3, -0.25) is 0 Å². The number of halogens is 5. The molecule has 0 aromatic heterocycles. The van der Waals surface area contributed by atoms with Crippen molar-refractivity contribution in [3.05, 3.63) is 34.9 Å². The molecular weight excluding hydrogens is 322 g/mol. The molecule has 0 N–H and O–H groups in total. The predicted octanol–water partition coefficient (Wildman–Crippen LogP) is 4.00. The van der Waals surface area contributed by atoms with Crippen molar-refractivity contribution < 1.29 is 29.5 Å². The number of alkyl halides is 3. The molecule has 0 nitrogen and oxygen atoms in total. The van der Waals surface area contributed by atoms with E-state index in [1.165, 1.54) is 16.3 Å². The summed E-state index contributed by atoms with van der Waals surface area (Å²) >= 11 is 9.59. The first-order chi connectivity index (χ1) is 6.00. The van der Waals surface area contributed by atoms with Crippen molar-refractivity contribution in [1.82, 2.24) is 0 Å². The van der Waals surface area contributed by atoms with Gasteiger partial charge >= 0.3 is 36.1 Å². The molecule has 0 saturated heterocycles. The van der Waals surface area contributed by atoms with Crippen LogP contribution in [0.1, 0.15) is 5.56 Å². The Bertz CT molecular complexity index is 247. The molecule has 1 aromatic carbocycles. The number of hydrogen-bond acceptors (Lipinski definition) is 0. The molecule has 0 amide bonds. The summed E-state index contributed by atoms with van der Waals surface area (Å²) in [4.78, 5) is 0. The average molecular weight is 325 g/mol. The van der Waals surface area contributed by atoms with Crippen molar-refractivity contribution in [2.75, 3.05) is 0 Å². The van der Waals surface area contributed by atoms with Crippen LogP contribution in [-0.4, -0.2) is 0 Å². The zero-order chi connectivity index (χ0) is 10.5. The molecule has 1 aromatic rings. The monoisotopic (exact) mass is 322 g/mol. The summed E-state index contributed by atoms with van der Waals surface area (Å²) < 4.78 is 35.6. The van der Waals surface area contributed by atoms with Crippen molar-refractivity contribution in [3.63, 3.8) is 0 Å². The molecule has 0 aliphatic carbocycles. The van der Waals surface area contributed by atoms with Gasteiger partial charge in [0.05, 0.1) is 0 Å². The van der Waals surface area contributed by atoms with Crippen LogP contribution in [0.25, 0.3) is 0 Å². The van der Waals surface area contributed by atoms with Crippen LogP contribution in [0.5, 0.6) is 0 Å². The third kappa shape index (κ3) is 4.99. The molecule has 0 unspecified atom stereocenters. The fourth-order valence-corrected chi connectivity index (χ4v) is 0.700. The van der Waals surface area contributed by atoms with Crippen molar-refractivity contribution in [2.45, 2.75) is 6.18 Å². The Balaban J connectivity index is 0.000000671. The fraction of sp³-hybridized carbons (Fsp3) is 0.143. The second kappa shape index (κ2) is 5.99. The van der Waals surface area contributed by atoms with Gasteiger partial charge in [-0.2, -0.15) is 37.4 Å². The van der Waals surface area contributed by atoms with Gasteiger partial charge in [0.25, 0.3) is 0 Å². The summed E-state index contributed by atoms with van der Waals surface area (Å²) in [6.07, 6.45) is -4.30. The van der Waals surface area contributed by atoms with Crippen molar-refractivity contribution in [1.29, 1.82) is 0 Å². The van der Waals surface area contributed by atoms with Gasteiger partial charge in [-0.05, 0) is 0 Å². The van der Waals surface area contributed by atoms with Crippen LogP contribution < -0.4 is 0 Å². The van der Waals surface area contributed by atoms with Crippen LogP contribution in [-0.2, 0) is 22.5 Å². The van der Waals surface area contributed by atoms with Crippen LogP contribution in [0.3, 0.4) is 0 Å². The standard InChI is InChI=1S/C7H3ClF3.BrH.Zn/c8-6-3-1-5(2-4-6)7(9,10)11;;/h1-3H;1H;/q-1;;+2/p-1. The van der Waals surface area contributed by atoms with E-state index in [0.717, 1.165) is 18.2 Å². The van der Waals surface area contributed by atoms with Gasteiger partial charge in [-0.15, -0.1) is 11.6 Å². The zero-order valence-corrected chi connectivity index (χ0v) is 11.6. The van der Waals surface area contributed by atoms with Crippen LogP contribution in [0, 0.1) is 6.07 Å². The number of benzene rings is 1. The molecule has 0 spiro atoms. The molecule has 0 aliphatic rings. The molecule has 0 fully saturated rings. The molecule has 13 heavy (non-hydrogen) atoms. The second-order valence-corrected chi connectivity index (χ2v) is 2.33. The molecule has 6 heteroatoms. The van der Waals surface area contributed by atoms with E-state index in [1.807, 2.05) is 0 Å². The summed E-state index contributed by atoms with van der Waals surface area (Å²) in [7, 11) is 0. The van der Waals surface area contributed by atoms with Crippen molar-refractivity contribution in [3.8, 4) is 0 Å². The molecule has 0 aliphatic heterocycles. The first-order valence-corrected chi connectivity index (χ1v) is 10.3. The topological polar surface area (TPSA) is 0 Å². The fourth-order valence-electron chi connectivity index (χ4n) is 0.582. The Labute approximate surface area is 95.5 Å². The molecule has 0 heterocycles. The Morgan fingerprint density at radius 3 is 2.15 bits per heavy atom. The van der Waals surface area contributed by atoms with Gasteiger partial charge in [0, 0.05) is 0 Å². The normalized spacial score (nSPS) is 10.4. The Kier molecular flexibility index (Phi) is 6.18. The van der Waals surface area contributed by atoms with E-state index in [1.54, 1.807) is 0 Å². The molecule has 0 bridgehead atoms. The maximum atomic E-state index is 11.9. The minimum atomic E-state index is -4.30.